The molecular weight excluding hydrogens is 314 g/mol. The van der Waals surface area contributed by atoms with Gasteiger partial charge in [0.05, 0.1) is 3.57 Å². The smallest absolute Gasteiger partial charge is 0.400 e. The molecule has 0 aromatic carbocycles. The molecule has 1 rings (SSSR count). The largest absolute Gasteiger partial charge is 0.573 e. The van der Waals surface area contributed by atoms with Gasteiger partial charge in [-0.15, -0.1) is 13.2 Å². The summed E-state index contributed by atoms with van der Waals surface area (Å²) >= 11 is 1.65. The van der Waals surface area contributed by atoms with Crippen molar-refractivity contribution in [2.45, 2.75) is 13.3 Å². The number of alkyl halides is 3. The average molecular weight is 319 g/mol. The highest BCUT2D eigenvalue weighted by atomic mass is 127. The van der Waals surface area contributed by atoms with E-state index >= 15 is 0 Å². The Morgan fingerprint density at radius 1 is 1.50 bits per heavy atom. The second kappa shape index (κ2) is 3.79. The van der Waals surface area contributed by atoms with E-state index in [4.69, 9.17) is 0 Å². The number of aromatic nitrogens is 1. The molecule has 0 unspecified atom stereocenters. The van der Waals surface area contributed by atoms with Crippen LogP contribution >= 0.6 is 22.6 Å². The Kier molecular flexibility index (Phi) is 3.07. The van der Waals surface area contributed by atoms with E-state index in [1.807, 2.05) is 0 Å². The normalized spacial score (nSPS) is 11.5. The summed E-state index contributed by atoms with van der Waals surface area (Å²) in [5.74, 6) is -0.743. The van der Waals surface area contributed by atoms with Crippen LogP contribution in [0.4, 0.5) is 13.2 Å². The second-order valence-corrected chi connectivity index (χ2v) is 3.55. The van der Waals surface area contributed by atoms with Crippen LogP contribution in [0.5, 0.6) is 5.75 Å². The molecule has 0 saturated heterocycles. The summed E-state index contributed by atoms with van der Waals surface area (Å²) in [6, 6.07) is 0. The Bertz CT molecular complexity index is 399. The Morgan fingerprint density at radius 3 is 2.57 bits per heavy atom. The lowest BCUT2D eigenvalue weighted by molar-refractivity contribution is -0.275. The molecule has 0 aliphatic heterocycles. The summed E-state index contributed by atoms with van der Waals surface area (Å²) < 4.78 is 39.0. The number of hydrogen-bond acceptors (Lipinski definition) is 2. The minimum Gasteiger partial charge on any atom is -0.400 e. The molecular formula is C7H5F3INO2. The van der Waals surface area contributed by atoms with E-state index in [1.54, 1.807) is 29.5 Å². The van der Waals surface area contributed by atoms with E-state index in [1.165, 1.54) is 0 Å². The molecule has 7 heteroatoms. The minimum atomic E-state index is -4.84. The van der Waals surface area contributed by atoms with Crippen molar-refractivity contribution in [3.8, 4) is 5.75 Å². The van der Waals surface area contributed by atoms with Gasteiger partial charge in [-0.05, 0) is 29.5 Å². The van der Waals surface area contributed by atoms with Gasteiger partial charge in [-0.3, -0.25) is 4.79 Å². The molecule has 0 amide bonds. The molecule has 0 fully saturated rings. The maximum absolute atomic E-state index is 11.8. The van der Waals surface area contributed by atoms with Gasteiger partial charge in [-0.2, -0.15) is 0 Å². The van der Waals surface area contributed by atoms with Crippen molar-refractivity contribution in [2.24, 2.45) is 0 Å². The topological polar surface area (TPSA) is 42.1 Å². The number of halogens is 4. The average Bonchev–Trinajstić information content (AvgIpc) is 2.04. The van der Waals surface area contributed by atoms with Gasteiger partial charge in [0.15, 0.2) is 5.75 Å². The van der Waals surface area contributed by atoms with E-state index in [-0.39, 0.29) is 3.57 Å². The van der Waals surface area contributed by atoms with Gasteiger partial charge in [-0.25, -0.2) is 0 Å². The highest BCUT2D eigenvalue weighted by Crippen LogP contribution is 2.20. The predicted molar refractivity (Wildman–Crippen MR) is 51.2 cm³/mol. The fraction of sp³-hybridized carbons (Fsp3) is 0.286. The zero-order valence-corrected chi connectivity index (χ0v) is 9.06. The summed E-state index contributed by atoms with van der Waals surface area (Å²) in [6.45, 7) is 1.58. The van der Waals surface area contributed by atoms with E-state index in [9.17, 15) is 18.0 Å². The summed E-state index contributed by atoms with van der Waals surface area (Å²) in [6.07, 6.45) is -3.95. The van der Waals surface area contributed by atoms with Gasteiger partial charge in [0.25, 0.3) is 0 Å². The van der Waals surface area contributed by atoms with Gasteiger partial charge in [0.2, 0.25) is 5.43 Å². The molecule has 0 spiro atoms. The zero-order chi connectivity index (χ0) is 10.9. The van der Waals surface area contributed by atoms with Crippen LogP contribution in [0, 0.1) is 10.5 Å². The molecule has 1 aromatic rings. The standard InChI is InChI=1S/C7H5F3INO2/c1-3-5(11)6(13)4(2-12-3)14-7(8,9)10/h2H,1H3,(H,12,13). The number of aromatic amines is 1. The van der Waals surface area contributed by atoms with Crippen LogP contribution in [0.15, 0.2) is 11.0 Å². The summed E-state index contributed by atoms with van der Waals surface area (Å²) in [5.41, 5.74) is -0.260. The van der Waals surface area contributed by atoms with Crippen LogP contribution in [0.2, 0.25) is 0 Å². The molecule has 1 N–H and O–H groups in total. The van der Waals surface area contributed by atoms with Gasteiger partial charge in [0.1, 0.15) is 0 Å². The van der Waals surface area contributed by atoms with Crippen molar-refractivity contribution in [3.05, 3.63) is 25.7 Å². The van der Waals surface area contributed by atoms with Crippen molar-refractivity contribution in [1.82, 2.24) is 4.98 Å². The summed E-state index contributed by atoms with van der Waals surface area (Å²) in [5, 5.41) is 0. The van der Waals surface area contributed by atoms with Crippen molar-refractivity contribution in [3.63, 3.8) is 0 Å². The maximum atomic E-state index is 11.8. The Hall–Kier alpha value is -0.730. The fourth-order valence-corrected chi connectivity index (χ4v) is 1.20. The lowest BCUT2D eigenvalue weighted by Crippen LogP contribution is -2.23. The van der Waals surface area contributed by atoms with E-state index < -0.39 is 17.5 Å². The molecule has 14 heavy (non-hydrogen) atoms. The van der Waals surface area contributed by atoms with Crippen molar-refractivity contribution < 1.29 is 17.9 Å². The lowest BCUT2D eigenvalue weighted by atomic mass is 10.3. The number of H-pyrrole nitrogens is 1. The first-order chi connectivity index (χ1) is 6.31. The SMILES string of the molecule is Cc1[nH]cc(OC(F)(F)F)c(=O)c1I. The summed E-state index contributed by atoms with van der Waals surface area (Å²) in [4.78, 5) is 13.7. The number of rotatable bonds is 1. The Morgan fingerprint density at radius 2 is 2.07 bits per heavy atom. The lowest BCUT2D eigenvalue weighted by Gasteiger charge is -2.08. The number of ether oxygens (including phenoxy) is 1. The van der Waals surface area contributed by atoms with Crippen LogP contribution in [0.25, 0.3) is 0 Å². The quantitative estimate of drug-likeness (QED) is 0.806. The number of aryl methyl sites for hydroxylation is 1. The molecule has 0 radical (unpaired) electrons. The third-order valence-corrected chi connectivity index (χ3v) is 2.70. The highest BCUT2D eigenvalue weighted by Gasteiger charge is 2.32. The summed E-state index contributed by atoms with van der Waals surface area (Å²) in [7, 11) is 0. The molecule has 0 aliphatic carbocycles. The molecule has 3 nitrogen and oxygen atoms in total. The third-order valence-electron chi connectivity index (χ3n) is 1.40. The maximum Gasteiger partial charge on any atom is 0.573 e. The third kappa shape index (κ3) is 2.63. The molecule has 1 heterocycles. The molecule has 0 bridgehead atoms. The van der Waals surface area contributed by atoms with Crippen molar-refractivity contribution in [1.29, 1.82) is 0 Å². The first kappa shape index (κ1) is 11.3. The molecule has 0 aliphatic rings. The molecule has 0 atom stereocenters. The first-order valence-electron chi connectivity index (χ1n) is 3.45. The van der Waals surface area contributed by atoms with Gasteiger partial charge < -0.3 is 9.72 Å². The van der Waals surface area contributed by atoms with Crippen molar-refractivity contribution in [2.75, 3.05) is 0 Å². The van der Waals surface area contributed by atoms with Crippen molar-refractivity contribution >= 4 is 22.6 Å². The predicted octanol–water partition coefficient (Wildman–Crippen LogP) is 2.19. The minimum absolute atomic E-state index is 0.185. The molecule has 1 aromatic heterocycles. The van der Waals surface area contributed by atoms with Crippen LogP contribution < -0.4 is 10.2 Å². The molecule has 0 saturated carbocycles. The van der Waals surface area contributed by atoms with E-state index in [0.717, 1.165) is 6.20 Å². The van der Waals surface area contributed by atoms with Crippen LogP contribution in [-0.4, -0.2) is 11.3 Å². The van der Waals surface area contributed by atoms with E-state index in [0.29, 0.717) is 5.69 Å². The number of pyridine rings is 1. The van der Waals surface area contributed by atoms with Crippen LogP contribution in [-0.2, 0) is 0 Å². The number of hydrogen-bond donors (Lipinski definition) is 1. The van der Waals surface area contributed by atoms with Crippen LogP contribution in [0.1, 0.15) is 5.69 Å². The van der Waals surface area contributed by atoms with E-state index in [2.05, 4.69) is 9.72 Å². The van der Waals surface area contributed by atoms with Gasteiger partial charge in [0, 0.05) is 11.9 Å². The van der Waals surface area contributed by atoms with Gasteiger partial charge in [-0.1, -0.05) is 0 Å². The Labute approximate surface area is 90.4 Å². The zero-order valence-electron chi connectivity index (χ0n) is 6.91. The monoisotopic (exact) mass is 319 g/mol. The Balaban J connectivity index is 3.13. The number of nitrogens with one attached hydrogen (secondary N) is 1. The fourth-order valence-electron chi connectivity index (χ4n) is 0.782. The van der Waals surface area contributed by atoms with Crippen LogP contribution in [0.3, 0.4) is 0 Å². The van der Waals surface area contributed by atoms with Gasteiger partial charge >= 0.3 is 6.36 Å². The molecule has 78 valence electrons. The first-order valence-corrected chi connectivity index (χ1v) is 4.52. The second-order valence-electron chi connectivity index (χ2n) is 2.47. The highest BCUT2D eigenvalue weighted by molar-refractivity contribution is 14.1.